The van der Waals surface area contributed by atoms with E-state index < -0.39 is 0 Å². The number of piperazine rings is 1. The van der Waals surface area contributed by atoms with Crippen molar-refractivity contribution in [2.75, 3.05) is 18.0 Å². The van der Waals surface area contributed by atoms with Gasteiger partial charge in [0, 0.05) is 16.5 Å². The number of imide groups is 1. The van der Waals surface area contributed by atoms with Gasteiger partial charge >= 0.3 is 0 Å². The molecule has 98 valence electrons. The number of nitrogens with one attached hydrogen (secondary N) is 1. The molecule has 1 heterocycles. The van der Waals surface area contributed by atoms with Crippen LogP contribution in [-0.4, -0.2) is 24.9 Å². The third-order valence-electron chi connectivity index (χ3n) is 3.31. The van der Waals surface area contributed by atoms with Crippen LogP contribution in [0.4, 0.5) is 5.69 Å². The lowest BCUT2D eigenvalue weighted by Gasteiger charge is -2.28. The number of rotatable bonds is 1. The number of hydrogen-bond donors (Lipinski definition) is 1. The van der Waals surface area contributed by atoms with Gasteiger partial charge in [-0.25, -0.2) is 0 Å². The van der Waals surface area contributed by atoms with Gasteiger partial charge in [-0.15, -0.1) is 0 Å². The van der Waals surface area contributed by atoms with Crippen molar-refractivity contribution in [3.8, 4) is 6.07 Å². The van der Waals surface area contributed by atoms with E-state index >= 15 is 0 Å². The second kappa shape index (κ2) is 4.67. The second-order valence-electron chi connectivity index (χ2n) is 4.62. The Kier molecular flexibility index (Phi) is 2.84. The molecule has 0 radical (unpaired) electrons. The zero-order chi connectivity index (χ0) is 14.1. The molecular formula is C15H11N3O2. The van der Waals surface area contributed by atoms with Crippen molar-refractivity contribution >= 4 is 28.3 Å². The number of carbonyl (C=O) groups excluding carboxylic acids is 2. The summed E-state index contributed by atoms with van der Waals surface area (Å²) in [4.78, 5) is 24.7. The molecule has 5 heteroatoms. The van der Waals surface area contributed by atoms with Gasteiger partial charge in [-0.1, -0.05) is 24.3 Å². The first-order valence-electron chi connectivity index (χ1n) is 6.18. The standard InChI is InChI=1S/C15H11N3O2/c16-7-10-5-6-13(12-4-2-1-3-11(10)12)18-8-14(19)17-15(20)9-18/h1-6H,8-9H2,(H,17,19,20). The predicted octanol–water partition coefficient (Wildman–Crippen LogP) is 1.17. The quantitative estimate of drug-likeness (QED) is 0.786. The minimum absolute atomic E-state index is 0.141. The molecule has 0 spiro atoms. The van der Waals surface area contributed by atoms with E-state index in [9.17, 15) is 9.59 Å². The van der Waals surface area contributed by atoms with Crippen LogP contribution in [0.2, 0.25) is 0 Å². The van der Waals surface area contributed by atoms with Crippen molar-refractivity contribution < 1.29 is 9.59 Å². The number of carbonyl (C=O) groups is 2. The number of nitriles is 1. The Morgan fingerprint density at radius 1 is 1.00 bits per heavy atom. The summed E-state index contributed by atoms with van der Waals surface area (Å²) in [7, 11) is 0. The van der Waals surface area contributed by atoms with E-state index in [2.05, 4.69) is 11.4 Å². The molecular weight excluding hydrogens is 254 g/mol. The van der Waals surface area contributed by atoms with Gasteiger partial charge in [0.15, 0.2) is 0 Å². The highest BCUT2D eigenvalue weighted by atomic mass is 16.2. The molecule has 2 aromatic rings. The summed E-state index contributed by atoms with van der Waals surface area (Å²) >= 11 is 0. The highest BCUT2D eigenvalue weighted by Crippen LogP contribution is 2.29. The van der Waals surface area contributed by atoms with Gasteiger partial charge < -0.3 is 4.90 Å². The first-order chi connectivity index (χ1) is 9.69. The van der Waals surface area contributed by atoms with Crippen LogP contribution >= 0.6 is 0 Å². The Bertz CT molecular complexity index is 745. The fourth-order valence-corrected chi connectivity index (χ4v) is 2.46. The third kappa shape index (κ3) is 1.97. The SMILES string of the molecule is N#Cc1ccc(N2CC(=O)NC(=O)C2)c2ccccc12. The van der Waals surface area contributed by atoms with Crippen LogP contribution in [-0.2, 0) is 9.59 Å². The van der Waals surface area contributed by atoms with Gasteiger partial charge in [0.2, 0.25) is 11.8 Å². The number of anilines is 1. The fourth-order valence-electron chi connectivity index (χ4n) is 2.46. The van der Waals surface area contributed by atoms with Crippen LogP contribution < -0.4 is 10.2 Å². The highest BCUT2D eigenvalue weighted by molar-refractivity contribution is 6.06. The van der Waals surface area contributed by atoms with E-state index in [0.29, 0.717) is 5.56 Å². The van der Waals surface area contributed by atoms with Gasteiger partial charge in [0.05, 0.1) is 24.7 Å². The zero-order valence-electron chi connectivity index (χ0n) is 10.6. The van der Waals surface area contributed by atoms with Gasteiger partial charge in [-0.2, -0.15) is 5.26 Å². The minimum atomic E-state index is -0.310. The lowest BCUT2D eigenvalue weighted by atomic mass is 10.0. The Morgan fingerprint density at radius 2 is 1.65 bits per heavy atom. The number of amides is 2. The zero-order valence-corrected chi connectivity index (χ0v) is 10.6. The van der Waals surface area contributed by atoms with E-state index in [1.54, 1.807) is 17.0 Å². The van der Waals surface area contributed by atoms with Crippen molar-refractivity contribution in [2.45, 2.75) is 0 Å². The molecule has 1 N–H and O–H groups in total. The lowest BCUT2D eigenvalue weighted by Crippen LogP contribution is -2.51. The maximum atomic E-state index is 11.5. The van der Waals surface area contributed by atoms with Crippen molar-refractivity contribution in [3.63, 3.8) is 0 Å². The molecule has 1 aliphatic heterocycles. The molecule has 3 rings (SSSR count). The van der Waals surface area contributed by atoms with Crippen LogP contribution in [0.3, 0.4) is 0 Å². The van der Waals surface area contributed by atoms with Gasteiger partial charge in [0.1, 0.15) is 0 Å². The number of hydrogen-bond acceptors (Lipinski definition) is 4. The summed E-state index contributed by atoms with van der Waals surface area (Å²) in [5, 5.41) is 13.1. The molecule has 2 aromatic carbocycles. The molecule has 1 aliphatic rings. The second-order valence-corrected chi connectivity index (χ2v) is 4.62. The molecule has 0 bridgehead atoms. The molecule has 20 heavy (non-hydrogen) atoms. The van der Waals surface area contributed by atoms with Crippen LogP contribution in [0.15, 0.2) is 36.4 Å². The predicted molar refractivity (Wildman–Crippen MR) is 74.0 cm³/mol. The summed E-state index contributed by atoms with van der Waals surface area (Å²) in [6.45, 7) is 0.281. The van der Waals surface area contributed by atoms with Crippen LogP contribution in [0.25, 0.3) is 10.8 Å². The van der Waals surface area contributed by atoms with Crippen LogP contribution in [0, 0.1) is 11.3 Å². The summed E-state index contributed by atoms with van der Waals surface area (Å²) < 4.78 is 0. The molecule has 1 saturated heterocycles. The van der Waals surface area contributed by atoms with Crippen molar-refractivity contribution in [3.05, 3.63) is 42.0 Å². The smallest absolute Gasteiger partial charge is 0.246 e. The average Bonchev–Trinajstić information content (AvgIpc) is 2.45. The Balaban J connectivity index is 2.15. The fraction of sp³-hybridized carbons (Fsp3) is 0.133. The molecule has 1 fully saturated rings. The van der Waals surface area contributed by atoms with Gasteiger partial charge in [0.25, 0.3) is 0 Å². The number of benzene rings is 2. The monoisotopic (exact) mass is 265 g/mol. The molecule has 0 aromatic heterocycles. The van der Waals surface area contributed by atoms with Crippen LogP contribution in [0.1, 0.15) is 5.56 Å². The number of fused-ring (bicyclic) bond motifs is 1. The normalized spacial score (nSPS) is 15.1. The number of nitrogens with zero attached hydrogens (tertiary/aromatic N) is 2. The summed E-state index contributed by atoms with van der Waals surface area (Å²) in [5.41, 5.74) is 1.37. The maximum Gasteiger partial charge on any atom is 0.246 e. The molecule has 0 unspecified atom stereocenters. The Labute approximate surface area is 115 Å². The van der Waals surface area contributed by atoms with Crippen molar-refractivity contribution in [2.24, 2.45) is 0 Å². The van der Waals surface area contributed by atoms with Crippen molar-refractivity contribution in [1.82, 2.24) is 5.32 Å². The average molecular weight is 265 g/mol. The van der Waals surface area contributed by atoms with E-state index in [4.69, 9.17) is 5.26 Å². The minimum Gasteiger partial charge on any atom is -0.352 e. The molecule has 2 amide bonds. The van der Waals surface area contributed by atoms with Crippen molar-refractivity contribution in [1.29, 1.82) is 5.26 Å². The van der Waals surface area contributed by atoms with Gasteiger partial charge in [-0.3, -0.25) is 14.9 Å². The maximum absolute atomic E-state index is 11.5. The first kappa shape index (κ1) is 12.2. The van der Waals surface area contributed by atoms with E-state index in [1.165, 1.54) is 0 Å². The highest BCUT2D eigenvalue weighted by Gasteiger charge is 2.24. The molecule has 0 saturated carbocycles. The topological polar surface area (TPSA) is 73.2 Å². The first-order valence-corrected chi connectivity index (χ1v) is 6.18. The lowest BCUT2D eigenvalue weighted by molar-refractivity contribution is -0.130. The largest absolute Gasteiger partial charge is 0.352 e. The Hall–Kier alpha value is -2.87. The molecule has 0 atom stereocenters. The van der Waals surface area contributed by atoms with Crippen LogP contribution in [0.5, 0.6) is 0 Å². The van der Waals surface area contributed by atoms with Gasteiger partial charge in [-0.05, 0) is 12.1 Å². The summed E-state index contributed by atoms with van der Waals surface area (Å²) in [6, 6.07) is 13.1. The molecule has 5 nitrogen and oxygen atoms in total. The van der Waals surface area contributed by atoms with E-state index in [0.717, 1.165) is 16.5 Å². The third-order valence-corrected chi connectivity index (χ3v) is 3.31. The summed E-state index contributed by atoms with van der Waals surface area (Å²) in [5.74, 6) is -0.621. The van der Waals surface area contributed by atoms with E-state index in [1.807, 2.05) is 24.3 Å². The Morgan fingerprint density at radius 3 is 2.30 bits per heavy atom. The summed E-state index contributed by atoms with van der Waals surface area (Å²) in [6.07, 6.45) is 0. The van der Waals surface area contributed by atoms with E-state index in [-0.39, 0.29) is 24.9 Å². The molecule has 0 aliphatic carbocycles.